The molecule has 0 heterocycles. The summed E-state index contributed by atoms with van der Waals surface area (Å²) < 4.78 is 87.9. The minimum atomic E-state index is -5.44. The lowest BCUT2D eigenvalue weighted by Gasteiger charge is -2.20. The summed E-state index contributed by atoms with van der Waals surface area (Å²) in [5.74, 6) is 0. The average Bonchev–Trinajstić information content (AvgIpc) is 1.96. The van der Waals surface area contributed by atoms with Gasteiger partial charge in [0.05, 0.1) is 6.16 Å². The normalized spacial score (nSPS) is 14.1. The maximum atomic E-state index is 11.8. The number of alkyl halides is 6. The van der Waals surface area contributed by atoms with Gasteiger partial charge in [0.25, 0.3) is 0 Å². The lowest BCUT2D eigenvalue weighted by molar-refractivity contribution is -0.307. The summed E-state index contributed by atoms with van der Waals surface area (Å²) >= 11 is 0. The molecule has 0 radical (unpaired) electrons. The van der Waals surface area contributed by atoms with Gasteiger partial charge in [-0.3, -0.25) is 4.57 Å². The maximum Gasteiger partial charge on any atom is 0.529 e. The van der Waals surface area contributed by atoms with Crippen LogP contribution in [0, 0.1) is 0 Å². The first-order valence-electron chi connectivity index (χ1n) is 4.61. The Bertz CT molecular complexity index is 254. The summed E-state index contributed by atoms with van der Waals surface area (Å²) in [6, 6.07) is 0. The SMILES string of the molecule is CCCCCP(=O)(OC(F)(F)F)OC(F)(F)F. The van der Waals surface area contributed by atoms with Gasteiger partial charge in [0.2, 0.25) is 0 Å². The van der Waals surface area contributed by atoms with E-state index in [4.69, 9.17) is 0 Å². The highest BCUT2D eigenvalue weighted by molar-refractivity contribution is 7.53. The first-order valence-corrected chi connectivity index (χ1v) is 6.34. The van der Waals surface area contributed by atoms with E-state index in [1.165, 1.54) is 0 Å². The summed E-state index contributed by atoms with van der Waals surface area (Å²) in [4.78, 5) is 0. The van der Waals surface area contributed by atoms with Gasteiger partial charge in [-0.05, 0) is 6.42 Å². The summed E-state index contributed by atoms with van der Waals surface area (Å²) in [6.07, 6.45) is -11.1. The molecule has 0 saturated carbocycles. The molecule has 0 N–H and O–H groups in total. The van der Waals surface area contributed by atoms with Crippen LogP contribution in [0.5, 0.6) is 0 Å². The Hall–Kier alpha value is -0.270. The van der Waals surface area contributed by atoms with Gasteiger partial charge in [-0.2, -0.15) is 0 Å². The van der Waals surface area contributed by atoms with Crippen LogP contribution in [-0.4, -0.2) is 18.9 Å². The molecule has 0 fully saturated rings. The van der Waals surface area contributed by atoms with Gasteiger partial charge in [-0.15, -0.1) is 26.3 Å². The van der Waals surface area contributed by atoms with E-state index in [2.05, 4.69) is 9.05 Å². The zero-order valence-corrected chi connectivity index (χ0v) is 9.66. The van der Waals surface area contributed by atoms with Crippen molar-refractivity contribution in [1.29, 1.82) is 0 Å². The molecule has 10 heteroatoms. The van der Waals surface area contributed by atoms with Crippen molar-refractivity contribution in [3.63, 3.8) is 0 Å². The molecule has 0 saturated heterocycles. The zero-order valence-electron chi connectivity index (χ0n) is 8.77. The highest BCUT2D eigenvalue weighted by Crippen LogP contribution is 2.56. The van der Waals surface area contributed by atoms with Gasteiger partial charge in [0.15, 0.2) is 0 Å². The van der Waals surface area contributed by atoms with E-state index in [-0.39, 0.29) is 6.42 Å². The van der Waals surface area contributed by atoms with Crippen molar-refractivity contribution >= 4 is 7.60 Å². The van der Waals surface area contributed by atoms with E-state index in [0.29, 0.717) is 12.8 Å². The zero-order chi connectivity index (χ0) is 13.7. The van der Waals surface area contributed by atoms with Gasteiger partial charge in [-0.25, -0.2) is 9.05 Å². The second kappa shape index (κ2) is 6.06. The van der Waals surface area contributed by atoms with E-state index >= 15 is 0 Å². The molecule has 0 rings (SSSR count). The average molecular weight is 288 g/mol. The molecule has 0 aliphatic rings. The molecule has 3 nitrogen and oxygen atoms in total. The molecule has 0 aliphatic heterocycles. The first-order chi connectivity index (χ1) is 7.47. The number of unbranched alkanes of at least 4 members (excludes halogenated alkanes) is 2. The third-order valence-electron chi connectivity index (χ3n) is 1.52. The van der Waals surface area contributed by atoms with Crippen LogP contribution in [0.4, 0.5) is 26.3 Å². The number of hydrogen-bond acceptors (Lipinski definition) is 3. The molecule has 0 spiro atoms. The van der Waals surface area contributed by atoms with Crippen molar-refractivity contribution in [3.8, 4) is 0 Å². The van der Waals surface area contributed by atoms with Crippen LogP contribution < -0.4 is 0 Å². The Morgan fingerprint density at radius 3 is 1.65 bits per heavy atom. The summed E-state index contributed by atoms with van der Waals surface area (Å²) in [7, 11) is -5.24. The molecule has 0 aromatic heterocycles. The van der Waals surface area contributed by atoms with Crippen LogP contribution in [-0.2, 0) is 13.6 Å². The topological polar surface area (TPSA) is 35.5 Å². The summed E-state index contributed by atoms with van der Waals surface area (Å²) in [5.41, 5.74) is 0. The monoisotopic (exact) mass is 288 g/mol. The van der Waals surface area contributed by atoms with E-state index in [9.17, 15) is 30.9 Å². The molecule has 0 amide bonds. The quantitative estimate of drug-likeness (QED) is 0.411. The highest BCUT2D eigenvalue weighted by Gasteiger charge is 2.48. The van der Waals surface area contributed by atoms with Gasteiger partial charge in [0.1, 0.15) is 0 Å². The Morgan fingerprint density at radius 2 is 1.35 bits per heavy atom. The first kappa shape index (κ1) is 16.7. The van der Waals surface area contributed by atoms with Gasteiger partial charge < -0.3 is 0 Å². The minimum absolute atomic E-state index is 0.111. The fourth-order valence-corrected chi connectivity index (χ4v) is 2.44. The molecule has 0 bridgehead atoms. The Morgan fingerprint density at radius 1 is 0.941 bits per heavy atom. The molecule has 17 heavy (non-hydrogen) atoms. The van der Waals surface area contributed by atoms with Gasteiger partial charge in [-0.1, -0.05) is 19.8 Å². The van der Waals surface area contributed by atoms with Crippen LogP contribution in [0.25, 0.3) is 0 Å². The second-order valence-corrected chi connectivity index (χ2v) is 5.15. The van der Waals surface area contributed by atoms with Gasteiger partial charge in [0, 0.05) is 0 Å². The van der Waals surface area contributed by atoms with Crippen molar-refractivity contribution in [3.05, 3.63) is 0 Å². The Labute approximate surface area is 93.6 Å². The smallest absolute Gasteiger partial charge is 0.259 e. The predicted octanol–water partition coefficient (Wildman–Crippen LogP) is 4.44. The number of hydrogen-bond donors (Lipinski definition) is 0. The highest BCUT2D eigenvalue weighted by atomic mass is 31.2. The van der Waals surface area contributed by atoms with Crippen molar-refractivity contribution in [2.45, 2.75) is 38.9 Å². The van der Waals surface area contributed by atoms with E-state index in [1.54, 1.807) is 6.92 Å². The van der Waals surface area contributed by atoms with Gasteiger partial charge >= 0.3 is 20.3 Å². The number of halogens is 6. The number of rotatable bonds is 6. The fourth-order valence-electron chi connectivity index (χ4n) is 0.981. The molecular weight excluding hydrogens is 277 g/mol. The summed E-state index contributed by atoms with van der Waals surface area (Å²) in [6.45, 7) is 1.68. The second-order valence-electron chi connectivity index (χ2n) is 3.12. The lowest BCUT2D eigenvalue weighted by Crippen LogP contribution is -2.19. The van der Waals surface area contributed by atoms with Crippen molar-refractivity contribution in [1.82, 2.24) is 0 Å². The molecular formula is C7H11F6O3P. The third-order valence-corrected chi connectivity index (χ3v) is 3.36. The Kier molecular flexibility index (Phi) is 5.96. The van der Waals surface area contributed by atoms with Crippen molar-refractivity contribution in [2.75, 3.05) is 6.16 Å². The van der Waals surface area contributed by atoms with Crippen molar-refractivity contribution < 1.29 is 40.0 Å². The molecule has 0 aromatic rings. The third kappa shape index (κ3) is 9.43. The lowest BCUT2D eigenvalue weighted by atomic mass is 10.3. The fraction of sp³-hybridized carbons (Fsp3) is 1.00. The molecule has 0 aliphatic carbocycles. The maximum absolute atomic E-state index is 11.8. The standard InChI is InChI=1S/C7H11F6O3P/c1-2-3-4-5-17(14,15-6(8,9)10)16-7(11,12)13/h2-5H2,1H3. The molecule has 104 valence electrons. The molecule has 0 unspecified atom stereocenters. The molecule has 0 aromatic carbocycles. The van der Waals surface area contributed by atoms with E-state index in [1.807, 2.05) is 0 Å². The Balaban J connectivity index is 4.64. The van der Waals surface area contributed by atoms with E-state index in [0.717, 1.165) is 0 Å². The van der Waals surface area contributed by atoms with Crippen molar-refractivity contribution in [2.24, 2.45) is 0 Å². The van der Waals surface area contributed by atoms with Crippen LogP contribution in [0.2, 0.25) is 0 Å². The van der Waals surface area contributed by atoms with Crippen LogP contribution >= 0.6 is 7.60 Å². The summed E-state index contributed by atoms with van der Waals surface area (Å²) in [5, 5.41) is 0. The van der Waals surface area contributed by atoms with E-state index < -0.39 is 26.5 Å². The van der Waals surface area contributed by atoms with Crippen LogP contribution in [0.15, 0.2) is 0 Å². The molecule has 0 atom stereocenters. The largest absolute Gasteiger partial charge is 0.529 e. The predicted molar refractivity (Wildman–Crippen MR) is 46.3 cm³/mol. The van der Waals surface area contributed by atoms with Crippen LogP contribution in [0.3, 0.4) is 0 Å². The minimum Gasteiger partial charge on any atom is -0.259 e. The van der Waals surface area contributed by atoms with Crippen LogP contribution in [0.1, 0.15) is 26.2 Å².